The lowest BCUT2D eigenvalue weighted by Crippen LogP contribution is -2.36. The van der Waals surface area contributed by atoms with Gasteiger partial charge >= 0.3 is 0 Å². The summed E-state index contributed by atoms with van der Waals surface area (Å²) >= 11 is 0. The summed E-state index contributed by atoms with van der Waals surface area (Å²) in [6, 6.07) is 23.5. The van der Waals surface area contributed by atoms with Crippen molar-refractivity contribution in [3.8, 4) is 16.9 Å². The van der Waals surface area contributed by atoms with E-state index >= 15 is 0 Å². The number of fused-ring (bicyclic) bond motifs is 3. The van der Waals surface area contributed by atoms with Gasteiger partial charge in [-0.1, -0.05) is 61.0 Å². The monoisotopic (exact) mass is 623 g/mol. The molecule has 0 aromatic heterocycles. The highest BCUT2D eigenvalue weighted by molar-refractivity contribution is 7.89. The number of carbonyl (C=O) groups is 1. The molecule has 9 heteroatoms. The van der Waals surface area contributed by atoms with Gasteiger partial charge in [0.1, 0.15) is 5.75 Å². The minimum absolute atomic E-state index is 0.0717. The molecule has 3 aromatic carbocycles. The molecule has 0 radical (unpaired) electrons. The van der Waals surface area contributed by atoms with E-state index in [9.17, 15) is 13.2 Å². The Kier molecular flexibility index (Phi) is 8.31. The minimum Gasteiger partial charge on any atom is -0.493 e. The van der Waals surface area contributed by atoms with Gasteiger partial charge in [-0.2, -0.15) is 0 Å². The average molecular weight is 624 g/mol. The third-order valence-corrected chi connectivity index (χ3v) is 10.4. The molecule has 232 valence electrons. The van der Waals surface area contributed by atoms with E-state index in [2.05, 4.69) is 33.1 Å². The second-order valence-corrected chi connectivity index (χ2v) is 13.8. The Morgan fingerprint density at radius 2 is 1.78 bits per heavy atom. The molecule has 8 nitrogen and oxygen atoms in total. The predicted octanol–water partition coefficient (Wildman–Crippen LogP) is 6.57. The van der Waals surface area contributed by atoms with Crippen LogP contribution in [0.15, 0.2) is 101 Å². The number of sulfonamides is 1. The third kappa shape index (κ3) is 6.47. The molecule has 1 amide bonds. The summed E-state index contributed by atoms with van der Waals surface area (Å²) in [6.07, 6.45) is 7.52. The first kappa shape index (κ1) is 29.5. The van der Waals surface area contributed by atoms with Crippen molar-refractivity contribution < 1.29 is 22.4 Å². The highest BCUT2D eigenvalue weighted by Crippen LogP contribution is 2.36. The van der Waals surface area contributed by atoms with Crippen LogP contribution in [0.2, 0.25) is 0 Å². The Balaban J connectivity index is 1.11. The maximum absolute atomic E-state index is 13.7. The summed E-state index contributed by atoms with van der Waals surface area (Å²) < 4.78 is 41.7. The molecule has 2 N–H and O–H groups in total. The summed E-state index contributed by atoms with van der Waals surface area (Å²) in [5, 5.41) is 4.96. The molecule has 1 fully saturated rings. The largest absolute Gasteiger partial charge is 0.493 e. The Morgan fingerprint density at radius 1 is 0.933 bits per heavy atom. The number of carbonyl (C=O) groups excluding carboxylic acids is 1. The lowest BCUT2D eigenvalue weighted by atomic mass is 9.97. The second-order valence-electron chi connectivity index (χ2n) is 12.1. The summed E-state index contributed by atoms with van der Waals surface area (Å²) in [5.41, 5.74) is 4.54. The van der Waals surface area contributed by atoms with Crippen LogP contribution in [0.1, 0.15) is 60.9 Å². The number of amides is 1. The van der Waals surface area contributed by atoms with Crippen LogP contribution < -0.4 is 14.8 Å². The van der Waals surface area contributed by atoms with Crippen LogP contribution in [0.5, 0.6) is 5.75 Å². The van der Waals surface area contributed by atoms with Gasteiger partial charge in [0, 0.05) is 30.5 Å². The molecule has 0 spiro atoms. The van der Waals surface area contributed by atoms with E-state index in [4.69, 9.17) is 9.15 Å². The molecule has 0 saturated carbocycles. The molecule has 3 aromatic rings. The topological polar surface area (TPSA) is 101 Å². The molecule has 1 aliphatic carbocycles. The Morgan fingerprint density at radius 3 is 2.64 bits per heavy atom. The van der Waals surface area contributed by atoms with E-state index in [1.54, 1.807) is 36.8 Å². The SMILES string of the molecule is O=C(CC(NS(=O)(=O)c1ccc2ccccc2c1)c1ccc2coccc1-2)NC1CCOc2cc(CN3CCCCC3)ccc21. The van der Waals surface area contributed by atoms with Crippen molar-refractivity contribution in [2.45, 2.75) is 55.6 Å². The highest BCUT2D eigenvalue weighted by atomic mass is 32.2. The van der Waals surface area contributed by atoms with Gasteiger partial charge in [-0.15, -0.1) is 0 Å². The van der Waals surface area contributed by atoms with E-state index in [1.807, 2.05) is 36.4 Å². The Bertz CT molecular complexity index is 1900. The molecule has 3 heterocycles. The smallest absolute Gasteiger partial charge is 0.241 e. The third-order valence-electron chi connectivity index (χ3n) is 8.97. The number of hydrogen-bond acceptors (Lipinski definition) is 6. The average Bonchev–Trinajstić information content (AvgIpc) is 3.49. The Hall–Kier alpha value is -4.18. The van der Waals surface area contributed by atoms with Gasteiger partial charge < -0.3 is 14.5 Å². The Labute approximate surface area is 263 Å². The zero-order chi connectivity index (χ0) is 30.8. The van der Waals surface area contributed by atoms with Crippen molar-refractivity contribution in [1.82, 2.24) is 14.9 Å². The first-order chi connectivity index (χ1) is 21.9. The van der Waals surface area contributed by atoms with E-state index in [1.165, 1.54) is 24.8 Å². The van der Waals surface area contributed by atoms with Crippen LogP contribution >= 0.6 is 0 Å². The molecule has 2 atom stereocenters. The molecule has 2 unspecified atom stereocenters. The number of benzene rings is 3. The van der Waals surface area contributed by atoms with Gasteiger partial charge in [-0.3, -0.25) is 9.69 Å². The van der Waals surface area contributed by atoms with Crippen molar-refractivity contribution in [3.05, 3.63) is 108 Å². The van der Waals surface area contributed by atoms with Gasteiger partial charge in [0.15, 0.2) is 0 Å². The van der Waals surface area contributed by atoms with E-state index < -0.39 is 16.1 Å². The van der Waals surface area contributed by atoms with Crippen LogP contribution in [0.3, 0.4) is 0 Å². The van der Waals surface area contributed by atoms with Crippen LogP contribution in [-0.2, 0) is 21.4 Å². The molecule has 1 saturated heterocycles. The lowest BCUT2D eigenvalue weighted by molar-refractivity contribution is -0.122. The maximum atomic E-state index is 13.7. The first-order valence-electron chi connectivity index (χ1n) is 15.7. The number of rotatable bonds is 9. The van der Waals surface area contributed by atoms with Gasteiger partial charge in [0.25, 0.3) is 0 Å². The van der Waals surface area contributed by atoms with Crippen molar-refractivity contribution in [2.24, 2.45) is 0 Å². The molecular formula is C36H37N3O5S. The van der Waals surface area contributed by atoms with Crippen molar-refractivity contribution in [2.75, 3.05) is 19.7 Å². The zero-order valence-corrected chi connectivity index (χ0v) is 25.9. The number of hydrogen-bond donors (Lipinski definition) is 2. The van der Waals surface area contributed by atoms with Crippen molar-refractivity contribution in [1.29, 1.82) is 0 Å². The number of piperidine rings is 1. The van der Waals surface area contributed by atoms with Gasteiger partial charge in [-0.25, -0.2) is 13.1 Å². The van der Waals surface area contributed by atoms with E-state index in [0.717, 1.165) is 58.4 Å². The highest BCUT2D eigenvalue weighted by Gasteiger charge is 2.30. The summed E-state index contributed by atoms with van der Waals surface area (Å²) in [5.74, 6) is 0.562. The second kappa shape index (κ2) is 12.7. The van der Waals surface area contributed by atoms with Crippen molar-refractivity contribution >= 4 is 26.7 Å². The fraction of sp³-hybridized carbons (Fsp3) is 0.306. The molecule has 0 bridgehead atoms. The molecular weight excluding hydrogens is 586 g/mol. The van der Waals surface area contributed by atoms with Crippen LogP contribution in [-0.4, -0.2) is 38.9 Å². The number of nitrogens with one attached hydrogen (secondary N) is 2. The minimum atomic E-state index is -3.97. The summed E-state index contributed by atoms with van der Waals surface area (Å²) in [6.45, 7) is 3.64. The number of likely N-dealkylation sites (tertiary alicyclic amines) is 1. The molecule has 7 rings (SSSR count). The van der Waals surface area contributed by atoms with Crippen LogP contribution in [0.25, 0.3) is 21.9 Å². The number of ether oxygens (including phenoxy) is 1. The van der Waals surface area contributed by atoms with Gasteiger partial charge in [0.05, 0.1) is 36.1 Å². The standard InChI is InChI=1S/C36H37N3O5S/c40-36(37-33-15-19-44-35-20-25(8-12-32(33)35)23-39-16-4-1-5-17-39)22-34(31-13-10-28-24-43-18-14-30(28)31)38-45(41,42)29-11-9-26-6-2-3-7-27(26)21-29/h2-3,6-14,18,20-21,24,33-34,38H,1,4-5,15-17,19,22-23H2,(H,37,40). The lowest BCUT2D eigenvalue weighted by Gasteiger charge is -2.29. The van der Waals surface area contributed by atoms with Gasteiger partial charge in [0.2, 0.25) is 15.9 Å². The van der Waals surface area contributed by atoms with Crippen LogP contribution in [0.4, 0.5) is 0 Å². The molecule has 4 aliphatic rings. The van der Waals surface area contributed by atoms with Gasteiger partial charge in [-0.05, 0) is 77.7 Å². The number of nitrogens with zero attached hydrogens (tertiary/aromatic N) is 1. The van der Waals surface area contributed by atoms with E-state index in [0.29, 0.717) is 13.0 Å². The molecule has 45 heavy (non-hydrogen) atoms. The summed E-state index contributed by atoms with van der Waals surface area (Å²) in [4.78, 5) is 16.3. The molecule has 3 aliphatic heterocycles. The fourth-order valence-electron chi connectivity index (χ4n) is 6.65. The quantitative estimate of drug-likeness (QED) is 0.193. The van der Waals surface area contributed by atoms with Crippen LogP contribution in [0, 0.1) is 0 Å². The zero-order valence-electron chi connectivity index (χ0n) is 25.1. The first-order valence-corrected chi connectivity index (χ1v) is 17.1. The van der Waals surface area contributed by atoms with Crippen molar-refractivity contribution in [3.63, 3.8) is 0 Å². The fourth-order valence-corrected chi connectivity index (χ4v) is 7.90. The van der Waals surface area contributed by atoms with E-state index in [-0.39, 0.29) is 23.3 Å². The summed E-state index contributed by atoms with van der Waals surface area (Å²) in [7, 11) is -3.97. The predicted molar refractivity (Wildman–Crippen MR) is 174 cm³/mol. The normalized spacial score (nSPS) is 17.9. The maximum Gasteiger partial charge on any atom is 0.241 e.